The summed E-state index contributed by atoms with van der Waals surface area (Å²) in [5.41, 5.74) is 3.07. The Balaban J connectivity index is 1.99. The van der Waals surface area contributed by atoms with Crippen molar-refractivity contribution in [1.29, 1.82) is 0 Å². The predicted molar refractivity (Wildman–Crippen MR) is 87.7 cm³/mol. The van der Waals surface area contributed by atoms with E-state index in [1.54, 1.807) is 20.2 Å². The number of amides is 2. The Hall–Kier alpha value is -2.57. The third kappa shape index (κ3) is 4.00. The van der Waals surface area contributed by atoms with Crippen LogP contribution in [-0.2, 0) is 13.5 Å². The summed E-state index contributed by atoms with van der Waals surface area (Å²) >= 11 is 0. The third-order valence-electron chi connectivity index (χ3n) is 3.75. The molecule has 0 aromatic carbocycles. The summed E-state index contributed by atoms with van der Waals surface area (Å²) in [7, 11) is 1.64. The van der Waals surface area contributed by atoms with E-state index in [0.29, 0.717) is 12.1 Å². The average molecular weight is 318 g/mol. The van der Waals surface area contributed by atoms with Crippen molar-refractivity contribution in [3.63, 3.8) is 0 Å². The number of carbonyl (C=O) groups excluding carboxylic acids is 1. The molecule has 124 valence electrons. The highest BCUT2D eigenvalue weighted by Crippen LogP contribution is 2.15. The van der Waals surface area contributed by atoms with Crippen molar-refractivity contribution < 1.29 is 9.32 Å². The van der Waals surface area contributed by atoms with E-state index in [2.05, 4.69) is 15.8 Å². The maximum absolute atomic E-state index is 12.1. The number of hydrogen-bond donors (Lipinski definition) is 2. The zero-order chi connectivity index (χ0) is 17.1. The SMILES string of the molecule is Cc1cc(=O)n(C)cc1NC(=O)N[C@H](C)Cc1c(C)noc1C. The lowest BCUT2D eigenvalue weighted by Gasteiger charge is -2.16. The van der Waals surface area contributed by atoms with E-state index < -0.39 is 0 Å². The Kier molecular flexibility index (Phi) is 4.88. The molecule has 0 aliphatic carbocycles. The number of hydrogen-bond acceptors (Lipinski definition) is 4. The van der Waals surface area contributed by atoms with Crippen LogP contribution in [-0.4, -0.2) is 21.8 Å². The van der Waals surface area contributed by atoms with Gasteiger partial charge in [0.15, 0.2) is 0 Å². The van der Waals surface area contributed by atoms with Crippen molar-refractivity contribution in [3.8, 4) is 0 Å². The monoisotopic (exact) mass is 318 g/mol. The molecule has 0 saturated heterocycles. The third-order valence-corrected chi connectivity index (χ3v) is 3.75. The summed E-state index contributed by atoms with van der Waals surface area (Å²) in [5, 5.41) is 9.55. The molecule has 2 aromatic heterocycles. The maximum atomic E-state index is 12.1. The Morgan fingerprint density at radius 3 is 2.70 bits per heavy atom. The minimum atomic E-state index is -0.314. The van der Waals surface area contributed by atoms with Crippen LogP contribution in [0, 0.1) is 20.8 Å². The van der Waals surface area contributed by atoms with Crippen LogP contribution in [0.4, 0.5) is 10.5 Å². The Morgan fingerprint density at radius 1 is 1.39 bits per heavy atom. The van der Waals surface area contributed by atoms with Crippen molar-refractivity contribution in [2.75, 3.05) is 5.32 Å². The highest BCUT2D eigenvalue weighted by molar-refractivity contribution is 5.90. The maximum Gasteiger partial charge on any atom is 0.319 e. The number of rotatable bonds is 4. The van der Waals surface area contributed by atoms with Crippen molar-refractivity contribution in [2.45, 2.75) is 40.2 Å². The molecule has 0 saturated carbocycles. The molecule has 1 atom stereocenters. The molecule has 0 aliphatic rings. The lowest BCUT2D eigenvalue weighted by Crippen LogP contribution is -2.38. The number of anilines is 1. The van der Waals surface area contributed by atoms with Gasteiger partial charge in [-0.25, -0.2) is 4.79 Å². The fourth-order valence-corrected chi connectivity index (χ4v) is 2.39. The van der Waals surface area contributed by atoms with E-state index in [4.69, 9.17) is 4.52 Å². The van der Waals surface area contributed by atoms with Crippen molar-refractivity contribution in [1.82, 2.24) is 15.0 Å². The fraction of sp³-hybridized carbons (Fsp3) is 0.438. The van der Waals surface area contributed by atoms with Gasteiger partial charge in [0, 0.05) is 30.9 Å². The van der Waals surface area contributed by atoms with Crippen LogP contribution in [0.1, 0.15) is 29.5 Å². The van der Waals surface area contributed by atoms with Gasteiger partial charge >= 0.3 is 6.03 Å². The normalized spacial score (nSPS) is 12.0. The van der Waals surface area contributed by atoms with E-state index >= 15 is 0 Å². The van der Waals surface area contributed by atoms with Gasteiger partial charge in [-0.1, -0.05) is 5.16 Å². The van der Waals surface area contributed by atoms with Crippen molar-refractivity contribution in [2.24, 2.45) is 7.05 Å². The summed E-state index contributed by atoms with van der Waals surface area (Å²) in [6, 6.07) is 1.09. The molecule has 2 rings (SSSR count). The first-order chi connectivity index (χ1) is 10.8. The quantitative estimate of drug-likeness (QED) is 0.903. The molecule has 0 radical (unpaired) electrons. The lowest BCUT2D eigenvalue weighted by molar-refractivity contribution is 0.249. The minimum Gasteiger partial charge on any atom is -0.361 e. The number of pyridine rings is 1. The van der Waals surface area contributed by atoms with E-state index in [0.717, 1.165) is 22.6 Å². The van der Waals surface area contributed by atoms with Gasteiger partial charge in [-0.3, -0.25) is 4.79 Å². The number of aromatic nitrogens is 2. The van der Waals surface area contributed by atoms with E-state index in [9.17, 15) is 9.59 Å². The standard InChI is InChI=1S/C16H22N4O3/c1-9-6-15(21)20(5)8-14(9)18-16(22)17-10(2)7-13-11(3)19-23-12(13)4/h6,8,10H,7H2,1-5H3,(H2,17,18,22)/t10-/m1/s1. The number of aryl methyl sites for hydroxylation is 4. The van der Waals surface area contributed by atoms with Crippen LogP contribution in [0.3, 0.4) is 0 Å². The molecule has 7 nitrogen and oxygen atoms in total. The summed E-state index contributed by atoms with van der Waals surface area (Å²) in [5.74, 6) is 0.769. The van der Waals surface area contributed by atoms with Crippen LogP contribution in [0.25, 0.3) is 0 Å². The molecular formula is C16H22N4O3. The van der Waals surface area contributed by atoms with Crippen molar-refractivity contribution in [3.05, 3.63) is 45.2 Å². The Bertz CT molecular complexity index is 757. The second-order valence-electron chi connectivity index (χ2n) is 5.83. The lowest BCUT2D eigenvalue weighted by atomic mass is 10.1. The van der Waals surface area contributed by atoms with E-state index in [1.807, 2.05) is 20.8 Å². The van der Waals surface area contributed by atoms with Crippen LogP contribution in [0.2, 0.25) is 0 Å². The van der Waals surface area contributed by atoms with Gasteiger partial charge < -0.3 is 19.7 Å². The van der Waals surface area contributed by atoms with E-state index in [-0.39, 0.29) is 17.6 Å². The zero-order valence-electron chi connectivity index (χ0n) is 14.1. The van der Waals surface area contributed by atoms with Crippen molar-refractivity contribution >= 4 is 11.7 Å². The largest absolute Gasteiger partial charge is 0.361 e. The van der Waals surface area contributed by atoms with Crippen LogP contribution in [0.15, 0.2) is 21.6 Å². The smallest absolute Gasteiger partial charge is 0.319 e. The molecule has 2 aromatic rings. The summed E-state index contributed by atoms with van der Waals surface area (Å²) in [4.78, 5) is 23.6. The minimum absolute atomic E-state index is 0.0837. The molecule has 0 unspecified atom stereocenters. The fourth-order valence-electron chi connectivity index (χ4n) is 2.39. The molecule has 0 fully saturated rings. The van der Waals surface area contributed by atoms with Gasteiger partial charge in [-0.05, 0) is 39.7 Å². The molecule has 2 heterocycles. The van der Waals surface area contributed by atoms with Gasteiger partial charge in [0.05, 0.1) is 11.4 Å². The first kappa shape index (κ1) is 16.8. The van der Waals surface area contributed by atoms with Crippen LogP contribution >= 0.6 is 0 Å². The predicted octanol–water partition coefficient (Wildman–Crippen LogP) is 2.05. The van der Waals surface area contributed by atoms with Gasteiger partial charge in [0.1, 0.15) is 5.76 Å². The van der Waals surface area contributed by atoms with Gasteiger partial charge in [-0.2, -0.15) is 0 Å². The van der Waals surface area contributed by atoms with Gasteiger partial charge in [0.25, 0.3) is 5.56 Å². The molecule has 2 N–H and O–H groups in total. The summed E-state index contributed by atoms with van der Waals surface area (Å²) < 4.78 is 6.55. The summed E-state index contributed by atoms with van der Waals surface area (Å²) in [6.45, 7) is 7.44. The number of nitrogens with one attached hydrogen (secondary N) is 2. The average Bonchev–Trinajstić information content (AvgIpc) is 2.76. The Morgan fingerprint density at radius 2 is 2.09 bits per heavy atom. The Labute approximate surface area is 134 Å². The van der Waals surface area contributed by atoms with Gasteiger partial charge in [0.2, 0.25) is 0 Å². The topological polar surface area (TPSA) is 89.2 Å². The molecule has 2 amide bonds. The molecule has 0 spiro atoms. The second-order valence-corrected chi connectivity index (χ2v) is 5.83. The molecule has 7 heteroatoms. The number of nitrogens with zero attached hydrogens (tertiary/aromatic N) is 2. The zero-order valence-corrected chi connectivity index (χ0v) is 14.1. The molecular weight excluding hydrogens is 296 g/mol. The molecule has 0 bridgehead atoms. The first-order valence-electron chi connectivity index (χ1n) is 7.44. The number of carbonyl (C=O) groups is 1. The van der Waals surface area contributed by atoms with Crippen LogP contribution in [0.5, 0.6) is 0 Å². The van der Waals surface area contributed by atoms with Gasteiger partial charge in [-0.15, -0.1) is 0 Å². The number of urea groups is 1. The van der Waals surface area contributed by atoms with E-state index in [1.165, 1.54) is 10.6 Å². The highest BCUT2D eigenvalue weighted by atomic mass is 16.5. The molecule has 0 aliphatic heterocycles. The highest BCUT2D eigenvalue weighted by Gasteiger charge is 2.15. The second kappa shape index (κ2) is 6.68. The molecule has 23 heavy (non-hydrogen) atoms. The van der Waals surface area contributed by atoms with Crippen LogP contribution < -0.4 is 16.2 Å². The first-order valence-corrected chi connectivity index (χ1v) is 7.44. The summed E-state index contributed by atoms with van der Waals surface area (Å²) in [6.07, 6.45) is 2.25.